The highest BCUT2D eigenvalue weighted by Gasteiger charge is 2.57. The van der Waals surface area contributed by atoms with Gasteiger partial charge in [0.1, 0.15) is 6.10 Å². The summed E-state index contributed by atoms with van der Waals surface area (Å²) in [5, 5.41) is 33.9. The number of aliphatic hydroxyl groups is 3. The van der Waals surface area contributed by atoms with Crippen molar-refractivity contribution in [2.75, 3.05) is 13.7 Å². The Bertz CT molecular complexity index is 1300. The largest absolute Gasteiger partial charge is 0.466 e. The summed E-state index contributed by atoms with van der Waals surface area (Å²) in [5.41, 5.74) is -1.08. The lowest BCUT2D eigenvalue weighted by Gasteiger charge is -2.51. The van der Waals surface area contributed by atoms with Gasteiger partial charge in [-0.3, -0.25) is 9.59 Å². The second-order valence-corrected chi connectivity index (χ2v) is 15.8. The van der Waals surface area contributed by atoms with Crippen LogP contribution < -0.4 is 0 Å². The van der Waals surface area contributed by atoms with Crippen molar-refractivity contribution in [1.29, 1.82) is 0 Å². The van der Waals surface area contributed by atoms with Crippen LogP contribution in [0.1, 0.15) is 124 Å². The lowest BCUT2D eigenvalue weighted by molar-refractivity contribution is -0.327. The molecule has 0 amide bonds. The summed E-state index contributed by atoms with van der Waals surface area (Å²) in [5.74, 6) is -4.26. The van der Waals surface area contributed by atoms with Crippen LogP contribution in [0.15, 0.2) is 36.5 Å². The Labute approximate surface area is 320 Å². The normalized spacial score (nSPS) is 36.3. The topological polar surface area (TPSA) is 177 Å². The Hall–Kier alpha value is -2.65. The van der Waals surface area contributed by atoms with Crippen LogP contribution in [-0.2, 0) is 47.5 Å². The van der Waals surface area contributed by atoms with Crippen LogP contribution in [0.25, 0.3) is 0 Å². The van der Waals surface area contributed by atoms with Crippen LogP contribution in [0.2, 0.25) is 0 Å². The Morgan fingerprint density at radius 2 is 1.69 bits per heavy atom. The van der Waals surface area contributed by atoms with Crippen molar-refractivity contribution in [3.63, 3.8) is 0 Å². The molecule has 6 bridgehead atoms. The molecular formula is C41H64O13. The highest BCUT2D eigenvalue weighted by atomic mass is 16.7. The van der Waals surface area contributed by atoms with Gasteiger partial charge in [-0.1, -0.05) is 58.6 Å². The van der Waals surface area contributed by atoms with Gasteiger partial charge in [-0.2, -0.15) is 0 Å². The third-order valence-corrected chi connectivity index (χ3v) is 10.9. The molecule has 13 heteroatoms. The van der Waals surface area contributed by atoms with E-state index in [1.807, 2.05) is 0 Å². The number of fused-ring (bicyclic) bond motifs is 6. The minimum absolute atomic E-state index is 0.0116. The van der Waals surface area contributed by atoms with Crippen molar-refractivity contribution in [3.05, 3.63) is 36.5 Å². The molecule has 4 aliphatic rings. The summed E-state index contributed by atoms with van der Waals surface area (Å²) < 4.78 is 42.2. The Morgan fingerprint density at radius 3 is 2.39 bits per heavy atom. The number of ether oxygens (including phenoxy) is 7. The Balaban J connectivity index is 1.72. The summed E-state index contributed by atoms with van der Waals surface area (Å²) in [7, 11) is 1.22. The van der Waals surface area contributed by atoms with Gasteiger partial charge < -0.3 is 48.5 Å². The number of cyclic esters (lactones) is 1. The van der Waals surface area contributed by atoms with Crippen molar-refractivity contribution < 1.29 is 62.9 Å². The number of unbranched alkanes of at least 4 members (excludes halogenated alkanes) is 4. The second-order valence-electron chi connectivity index (χ2n) is 15.8. The fraction of sp³-hybridized carbons (Fsp3) is 0.780. The number of hydrogen-bond acceptors (Lipinski definition) is 13. The maximum absolute atomic E-state index is 13.4. The third-order valence-electron chi connectivity index (χ3n) is 10.9. The predicted molar refractivity (Wildman–Crippen MR) is 198 cm³/mol. The maximum Gasteiger partial charge on any atom is 0.330 e. The first-order chi connectivity index (χ1) is 25.8. The molecule has 0 aliphatic carbocycles. The molecule has 54 heavy (non-hydrogen) atoms. The van der Waals surface area contributed by atoms with Crippen LogP contribution in [0.5, 0.6) is 0 Å². The van der Waals surface area contributed by atoms with Crippen LogP contribution >= 0.6 is 0 Å². The highest BCUT2D eigenvalue weighted by Crippen LogP contribution is 2.47. The molecule has 10 atom stereocenters. The number of aliphatic hydroxyl groups excluding tert-OH is 2. The zero-order valence-electron chi connectivity index (χ0n) is 32.7. The summed E-state index contributed by atoms with van der Waals surface area (Å²) in [6.45, 7) is 8.86. The molecule has 3 fully saturated rings. The van der Waals surface area contributed by atoms with E-state index in [9.17, 15) is 29.7 Å². The zero-order chi connectivity index (χ0) is 39.3. The van der Waals surface area contributed by atoms with E-state index in [4.69, 9.17) is 33.2 Å². The second kappa shape index (κ2) is 21.0. The smallest absolute Gasteiger partial charge is 0.330 e. The maximum atomic E-state index is 13.4. The van der Waals surface area contributed by atoms with Gasteiger partial charge in [-0.05, 0) is 50.2 Å². The van der Waals surface area contributed by atoms with E-state index in [0.29, 0.717) is 25.7 Å². The van der Waals surface area contributed by atoms with E-state index >= 15 is 0 Å². The summed E-state index contributed by atoms with van der Waals surface area (Å²) >= 11 is 0. The molecule has 0 unspecified atom stereocenters. The Morgan fingerprint density at radius 1 is 0.963 bits per heavy atom. The summed E-state index contributed by atoms with van der Waals surface area (Å²) in [6.07, 6.45) is 9.26. The van der Waals surface area contributed by atoms with Gasteiger partial charge in [-0.25, -0.2) is 4.79 Å². The van der Waals surface area contributed by atoms with Crippen LogP contribution in [-0.4, -0.2) is 108 Å². The third kappa shape index (κ3) is 12.7. The minimum Gasteiger partial charge on any atom is -0.466 e. The van der Waals surface area contributed by atoms with Gasteiger partial charge in [0, 0.05) is 43.6 Å². The van der Waals surface area contributed by atoms with Gasteiger partial charge in [0.25, 0.3) is 0 Å². The van der Waals surface area contributed by atoms with Gasteiger partial charge in [0.05, 0.1) is 56.8 Å². The highest BCUT2D eigenvalue weighted by molar-refractivity contribution is 5.83. The number of carbonyl (C=O) groups is 3. The number of hydrogen-bond donors (Lipinski definition) is 3. The molecule has 0 aromatic rings. The van der Waals surface area contributed by atoms with Crippen molar-refractivity contribution >= 4 is 17.9 Å². The van der Waals surface area contributed by atoms with Crippen molar-refractivity contribution in [2.24, 2.45) is 5.41 Å². The van der Waals surface area contributed by atoms with Crippen molar-refractivity contribution in [3.8, 4) is 0 Å². The monoisotopic (exact) mass is 764 g/mol. The van der Waals surface area contributed by atoms with Gasteiger partial charge in [-0.15, -0.1) is 6.58 Å². The molecular weight excluding hydrogens is 700 g/mol. The quantitative estimate of drug-likeness (QED) is 0.0816. The molecule has 0 aromatic heterocycles. The number of esters is 3. The van der Waals surface area contributed by atoms with Crippen molar-refractivity contribution in [2.45, 2.75) is 184 Å². The number of carbonyl (C=O) groups excluding carboxylic acids is 3. The Kier molecular flexibility index (Phi) is 17.2. The van der Waals surface area contributed by atoms with Crippen molar-refractivity contribution in [1.82, 2.24) is 0 Å². The average Bonchev–Trinajstić information content (AvgIpc) is 3.11. The fourth-order valence-corrected chi connectivity index (χ4v) is 7.89. The number of rotatable bonds is 11. The van der Waals surface area contributed by atoms with Gasteiger partial charge in [0.15, 0.2) is 12.4 Å². The molecule has 0 radical (unpaired) electrons. The molecule has 306 valence electrons. The molecule has 0 aromatic carbocycles. The summed E-state index contributed by atoms with van der Waals surface area (Å²) in [6, 6.07) is 0. The van der Waals surface area contributed by atoms with Gasteiger partial charge in [0.2, 0.25) is 5.79 Å². The number of methoxy groups -OCH3 is 1. The van der Waals surface area contributed by atoms with Crippen LogP contribution in [0.4, 0.5) is 0 Å². The predicted octanol–water partition coefficient (Wildman–Crippen LogP) is 5.27. The van der Waals surface area contributed by atoms with E-state index in [0.717, 1.165) is 44.9 Å². The van der Waals surface area contributed by atoms with E-state index < -0.39 is 66.4 Å². The van der Waals surface area contributed by atoms with E-state index in [1.165, 1.54) is 13.2 Å². The van der Waals surface area contributed by atoms with E-state index in [2.05, 4.69) is 13.5 Å². The van der Waals surface area contributed by atoms with E-state index in [-0.39, 0.29) is 62.1 Å². The average molecular weight is 765 g/mol. The molecule has 3 saturated heterocycles. The molecule has 4 heterocycles. The first kappa shape index (κ1) is 44.1. The fourth-order valence-electron chi connectivity index (χ4n) is 7.89. The van der Waals surface area contributed by atoms with Crippen LogP contribution in [0.3, 0.4) is 0 Å². The zero-order valence-corrected chi connectivity index (χ0v) is 32.7. The first-order valence-corrected chi connectivity index (χ1v) is 19.9. The molecule has 4 aliphatic heterocycles. The SMILES string of the molecule is C=CC[C@H]1C[C@H]2C[C@H]3CCC[C@@H](C[C@@H](O)CC(=O)O[C@@H](CO)C[C@@H]4C/C(=C\C(=O)OC)[C@H](OC(=O)CCCCCCC)[C@@](O)(O4)C(C)(C)/C=C/[C@H](O2)O1)O3. The lowest BCUT2D eigenvalue weighted by Crippen LogP contribution is -2.62. The van der Waals surface area contributed by atoms with Gasteiger partial charge >= 0.3 is 17.9 Å². The minimum atomic E-state index is -2.27. The molecule has 0 spiro atoms. The summed E-state index contributed by atoms with van der Waals surface area (Å²) in [4.78, 5) is 39.1. The van der Waals surface area contributed by atoms with Crippen LogP contribution in [0, 0.1) is 5.41 Å². The molecule has 4 rings (SSSR count). The van der Waals surface area contributed by atoms with E-state index in [1.54, 1.807) is 32.1 Å². The molecule has 13 nitrogen and oxygen atoms in total. The lowest BCUT2D eigenvalue weighted by atomic mass is 9.74. The molecule has 3 N–H and O–H groups in total. The first-order valence-electron chi connectivity index (χ1n) is 19.9. The molecule has 0 saturated carbocycles. The standard InChI is InChI=1S/C41H64O13/c1-6-8-9-10-11-16-35(44)53-39-27(20-36(45)48-5)19-33-25-34(26-42)50-37(46)22-28(43)21-30-14-12-15-31(49-30)24-32-23-29(13-7-2)51-38(52-32)17-18-40(3,4)41(39,47)54-33/h7,17-18,20,28-34,38-39,42-43,47H,2,6,8-16,19,21-26H2,1,3-5H3/b18-17+,27-20+/t28-,29+,30+,31-,32+,33+,34-,38+,39+,41-/m1/s1.